The Morgan fingerprint density at radius 3 is 2.35 bits per heavy atom. The molecule has 0 heterocycles. The Labute approximate surface area is 104 Å². The van der Waals surface area contributed by atoms with E-state index in [1.54, 1.807) is 0 Å². The quantitative estimate of drug-likeness (QED) is 0.750. The lowest BCUT2D eigenvalue weighted by Gasteiger charge is -2.19. The molecule has 2 aliphatic rings. The van der Waals surface area contributed by atoms with Gasteiger partial charge in [-0.2, -0.15) is 0 Å². The van der Waals surface area contributed by atoms with Crippen molar-refractivity contribution in [2.24, 2.45) is 23.7 Å². The standard InChI is InChI=1S/C14H24O3/c1-14(2,3)17-13(16)12-7-10(12)5-4-9-6-11(9)8-15/h9-12,15H,4-8H2,1-3H3/t9-,10?,11+,12?/m1/s1. The van der Waals surface area contributed by atoms with Crippen molar-refractivity contribution in [3.8, 4) is 0 Å². The molecule has 4 atom stereocenters. The normalized spacial score (nSPS) is 35.5. The van der Waals surface area contributed by atoms with Crippen LogP contribution in [0.25, 0.3) is 0 Å². The molecule has 3 nitrogen and oxygen atoms in total. The van der Waals surface area contributed by atoms with E-state index in [1.165, 1.54) is 12.8 Å². The fourth-order valence-corrected chi connectivity index (χ4v) is 2.55. The molecule has 0 saturated heterocycles. The van der Waals surface area contributed by atoms with Gasteiger partial charge >= 0.3 is 5.97 Å². The minimum atomic E-state index is -0.358. The molecule has 0 spiro atoms. The Hall–Kier alpha value is -0.570. The smallest absolute Gasteiger partial charge is 0.309 e. The van der Waals surface area contributed by atoms with E-state index < -0.39 is 0 Å². The first-order valence-electron chi connectivity index (χ1n) is 6.74. The van der Waals surface area contributed by atoms with Gasteiger partial charge in [0.25, 0.3) is 0 Å². The molecular formula is C14H24O3. The van der Waals surface area contributed by atoms with E-state index in [1.807, 2.05) is 20.8 Å². The van der Waals surface area contributed by atoms with Crippen molar-refractivity contribution in [3.05, 3.63) is 0 Å². The third-order valence-corrected chi connectivity index (χ3v) is 3.84. The van der Waals surface area contributed by atoms with E-state index in [-0.39, 0.29) is 17.5 Å². The van der Waals surface area contributed by atoms with E-state index in [9.17, 15) is 4.79 Å². The van der Waals surface area contributed by atoms with Gasteiger partial charge in [-0.05, 0) is 64.2 Å². The Kier molecular flexibility index (Phi) is 3.48. The Morgan fingerprint density at radius 1 is 1.18 bits per heavy atom. The number of rotatable bonds is 5. The average Bonchev–Trinajstić information content (AvgIpc) is 3.08. The van der Waals surface area contributed by atoms with Crippen molar-refractivity contribution < 1.29 is 14.6 Å². The third-order valence-electron chi connectivity index (χ3n) is 3.84. The van der Waals surface area contributed by atoms with Crippen LogP contribution in [0.5, 0.6) is 0 Å². The fraction of sp³-hybridized carbons (Fsp3) is 0.929. The third kappa shape index (κ3) is 3.70. The minimum absolute atomic E-state index is 0.0167. The summed E-state index contributed by atoms with van der Waals surface area (Å²) in [6.45, 7) is 6.08. The van der Waals surface area contributed by atoms with Gasteiger partial charge in [0.05, 0.1) is 5.92 Å². The summed E-state index contributed by atoms with van der Waals surface area (Å²) in [5.74, 6) is 1.95. The van der Waals surface area contributed by atoms with E-state index in [4.69, 9.17) is 9.84 Å². The maximum Gasteiger partial charge on any atom is 0.309 e. The van der Waals surface area contributed by atoms with Crippen LogP contribution in [0, 0.1) is 23.7 Å². The van der Waals surface area contributed by atoms with Gasteiger partial charge in [0.1, 0.15) is 5.60 Å². The van der Waals surface area contributed by atoms with Gasteiger partial charge in [-0.25, -0.2) is 0 Å². The predicted octanol–water partition coefficient (Wildman–Crippen LogP) is 2.37. The molecule has 3 heteroatoms. The van der Waals surface area contributed by atoms with Crippen molar-refractivity contribution in [3.63, 3.8) is 0 Å². The first-order chi connectivity index (χ1) is 7.90. The molecule has 0 radical (unpaired) electrons. The molecule has 1 N–H and O–H groups in total. The van der Waals surface area contributed by atoms with Crippen molar-refractivity contribution in [2.45, 2.75) is 52.1 Å². The van der Waals surface area contributed by atoms with E-state index in [0.717, 1.165) is 18.8 Å². The lowest BCUT2D eigenvalue weighted by Crippen LogP contribution is -2.25. The number of carbonyl (C=O) groups is 1. The maximum absolute atomic E-state index is 11.7. The van der Waals surface area contributed by atoms with Crippen LogP contribution >= 0.6 is 0 Å². The van der Waals surface area contributed by atoms with Gasteiger partial charge < -0.3 is 9.84 Å². The topological polar surface area (TPSA) is 46.5 Å². The minimum Gasteiger partial charge on any atom is -0.460 e. The summed E-state index contributed by atoms with van der Waals surface area (Å²) < 4.78 is 5.38. The number of hydrogen-bond acceptors (Lipinski definition) is 3. The van der Waals surface area contributed by atoms with Gasteiger partial charge in [0.2, 0.25) is 0 Å². The monoisotopic (exact) mass is 240 g/mol. The van der Waals surface area contributed by atoms with Crippen LogP contribution in [-0.2, 0) is 9.53 Å². The molecule has 98 valence electrons. The van der Waals surface area contributed by atoms with Gasteiger partial charge in [0.15, 0.2) is 0 Å². The molecule has 0 aromatic heterocycles. The molecule has 0 amide bonds. The predicted molar refractivity (Wildman–Crippen MR) is 65.4 cm³/mol. The van der Waals surface area contributed by atoms with Crippen molar-refractivity contribution >= 4 is 5.97 Å². The van der Waals surface area contributed by atoms with Crippen LogP contribution in [0.3, 0.4) is 0 Å². The highest BCUT2D eigenvalue weighted by molar-refractivity contribution is 5.76. The van der Waals surface area contributed by atoms with Gasteiger partial charge in [0, 0.05) is 6.61 Å². The first kappa shape index (κ1) is 12.9. The van der Waals surface area contributed by atoms with Gasteiger partial charge in [-0.1, -0.05) is 0 Å². The first-order valence-corrected chi connectivity index (χ1v) is 6.74. The summed E-state index contributed by atoms with van der Waals surface area (Å²) >= 11 is 0. The van der Waals surface area contributed by atoms with Crippen molar-refractivity contribution in [1.29, 1.82) is 0 Å². The second-order valence-electron chi connectivity index (χ2n) is 6.65. The molecule has 0 aromatic carbocycles. The molecule has 0 aliphatic heterocycles. The van der Waals surface area contributed by atoms with Crippen LogP contribution in [0.15, 0.2) is 0 Å². The van der Waals surface area contributed by atoms with Crippen molar-refractivity contribution in [2.75, 3.05) is 6.61 Å². The zero-order valence-corrected chi connectivity index (χ0v) is 11.1. The highest BCUT2D eigenvalue weighted by Crippen LogP contribution is 2.48. The fourth-order valence-electron chi connectivity index (χ4n) is 2.55. The number of hydrogen-bond donors (Lipinski definition) is 1. The molecule has 2 saturated carbocycles. The van der Waals surface area contributed by atoms with Crippen LogP contribution < -0.4 is 0 Å². The molecule has 2 aliphatic carbocycles. The second kappa shape index (κ2) is 4.60. The summed E-state index contributed by atoms with van der Waals surface area (Å²) in [5.41, 5.74) is -0.358. The largest absolute Gasteiger partial charge is 0.460 e. The lowest BCUT2D eigenvalue weighted by molar-refractivity contribution is -0.156. The second-order valence-corrected chi connectivity index (χ2v) is 6.65. The number of ether oxygens (including phenoxy) is 1. The molecule has 2 rings (SSSR count). The SMILES string of the molecule is CC(C)(C)OC(=O)C1CC1CC[C@@H]1C[C@H]1CO. The van der Waals surface area contributed by atoms with Gasteiger partial charge in [-0.3, -0.25) is 4.79 Å². The number of esters is 1. The van der Waals surface area contributed by atoms with Crippen LogP contribution in [0.2, 0.25) is 0 Å². The number of carbonyl (C=O) groups excluding carboxylic acids is 1. The van der Waals surface area contributed by atoms with E-state index in [2.05, 4.69) is 0 Å². The molecule has 2 unspecified atom stereocenters. The van der Waals surface area contributed by atoms with Crippen LogP contribution in [-0.4, -0.2) is 23.3 Å². The summed E-state index contributed by atoms with van der Waals surface area (Å²) in [5, 5.41) is 8.95. The average molecular weight is 240 g/mol. The summed E-state index contributed by atoms with van der Waals surface area (Å²) in [4.78, 5) is 11.7. The highest BCUT2D eigenvalue weighted by atomic mass is 16.6. The Balaban J connectivity index is 1.62. The highest BCUT2D eigenvalue weighted by Gasteiger charge is 2.46. The molecular weight excluding hydrogens is 216 g/mol. The summed E-state index contributed by atoms with van der Waals surface area (Å²) in [6, 6.07) is 0. The molecule has 2 fully saturated rings. The van der Waals surface area contributed by atoms with Crippen molar-refractivity contribution in [1.82, 2.24) is 0 Å². The molecule has 0 bridgehead atoms. The number of aliphatic hydroxyl groups excluding tert-OH is 1. The van der Waals surface area contributed by atoms with Crippen LogP contribution in [0.4, 0.5) is 0 Å². The zero-order chi connectivity index (χ0) is 12.6. The van der Waals surface area contributed by atoms with E-state index in [0.29, 0.717) is 18.4 Å². The Bertz CT molecular complexity index is 292. The van der Waals surface area contributed by atoms with Gasteiger partial charge in [-0.15, -0.1) is 0 Å². The molecule has 17 heavy (non-hydrogen) atoms. The summed E-state index contributed by atoms with van der Waals surface area (Å²) in [6.07, 6.45) is 4.49. The van der Waals surface area contributed by atoms with E-state index >= 15 is 0 Å². The van der Waals surface area contributed by atoms with Crippen LogP contribution in [0.1, 0.15) is 46.5 Å². The summed E-state index contributed by atoms with van der Waals surface area (Å²) in [7, 11) is 0. The zero-order valence-electron chi connectivity index (χ0n) is 11.1. The molecule has 0 aromatic rings. The number of aliphatic hydroxyl groups is 1. The Morgan fingerprint density at radius 2 is 1.82 bits per heavy atom. The maximum atomic E-state index is 11.7. The lowest BCUT2D eigenvalue weighted by atomic mass is 10.1.